The van der Waals surface area contributed by atoms with Gasteiger partial charge in [0.05, 0.1) is 0 Å². The van der Waals surface area contributed by atoms with Crippen LogP contribution in [0.3, 0.4) is 0 Å². The molecule has 0 bridgehead atoms. The average Bonchev–Trinajstić information content (AvgIpc) is 3.11. The number of hydrogen-bond acceptors (Lipinski definition) is 4. The van der Waals surface area contributed by atoms with Gasteiger partial charge in [0.1, 0.15) is 18.1 Å². The summed E-state index contributed by atoms with van der Waals surface area (Å²) >= 11 is 0. The first-order valence-electron chi connectivity index (χ1n) is 11.1. The van der Waals surface area contributed by atoms with E-state index in [1.54, 1.807) is 13.0 Å². The van der Waals surface area contributed by atoms with Crippen molar-refractivity contribution in [2.45, 2.75) is 31.7 Å². The van der Waals surface area contributed by atoms with Gasteiger partial charge in [-0.2, -0.15) is 0 Å². The number of likely N-dealkylation sites (tertiary alicyclic amines) is 1. The maximum atomic E-state index is 12.8. The Morgan fingerprint density at radius 3 is 2.24 bits per heavy atom. The Kier molecular flexibility index (Phi) is 6.22. The van der Waals surface area contributed by atoms with Crippen LogP contribution in [0.1, 0.15) is 36.8 Å². The van der Waals surface area contributed by atoms with Crippen LogP contribution in [0.2, 0.25) is 0 Å². The third-order valence-corrected chi connectivity index (χ3v) is 6.63. The van der Waals surface area contributed by atoms with Crippen LogP contribution in [0.4, 0.5) is 4.79 Å². The highest BCUT2D eigenvalue weighted by molar-refractivity contribution is 5.89. The van der Waals surface area contributed by atoms with Gasteiger partial charge in [-0.1, -0.05) is 61.5 Å². The van der Waals surface area contributed by atoms with Crippen molar-refractivity contribution in [3.63, 3.8) is 0 Å². The Hall–Kier alpha value is -3.61. The van der Waals surface area contributed by atoms with Crippen molar-refractivity contribution in [1.82, 2.24) is 10.2 Å². The SMILES string of the molecule is C=CCC1(C(=O)O)CN(C(=O)[C@@H](CC)NC(=O)OCC2c3ccccc3-c3ccccc32)C1. The molecule has 1 aliphatic heterocycles. The Labute approximate surface area is 193 Å². The molecule has 4 rings (SSSR count). The fourth-order valence-corrected chi connectivity index (χ4v) is 4.81. The molecule has 0 saturated carbocycles. The van der Waals surface area contributed by atoms with E-state index in [2.05, 4.69) is 24.0 Å². The zero-order valence-electron chi connectivity index (χ0n) is 18.6. The number of carboxylic acids is 1. The number of benzene rings is 2. The molecule has 0 aromatic heterocycles. The maximum absolute atomic E-state index is 12.8. The molecule has 2 aromatic carbocycles. The van der Waals surface area contributed by atoms with Crippen LogP contribution in [0.25, 0.3) is 11.1 Å². The summed E-state index contributed by atoms with van der Waals surface area (Å²) in [6.45, 7) is 5.78. The molecular weight excluding hydrogens is 420 g/mol. The van der Waals surface area contributed by atoms with E-state index in [4.69, 9.17) is 4.74 Å². The van der Waals surface area contributed by atoms with Crippen molar-refractivity contribution in [3.05, 3.63) is 72.3 Å². The summed E-state index contributed by atoms with van der Waals surface area (Å²) in [4.78, 5) is 38.4. The molecule has 1 aliphatic carbocycles. The monoisotopic (exact) mass is 448 g/mol. The van der Waals surface area contributed by atoms with Crippen LogP contribution >= 0.6 is 0 Å². The van der Waals surface area contributed by atoms with Crippen molar-refractivity contribution in [1.29, 1.82) is 0 Å². The van der Waals surface area contributed by atoms with Crippen molar-refractivity contribution < 1.29 is 24.2 Å². The molecule has 7 nitrogen and oxygen atoms in total. The van der Waals surface area contributed by atoms with Crippen molar-refractivity contribution in [3.8, 4) is 11.1 Å². The fraction of sp³-hybridized carbons (Fsp3) is 0.346. The number of allylic oxidation sites excluding steroid dienone is 1. The lowest BCUT2D eigenvalue weighted by Gasteiger charge is -2.47. The number of ether oxygens (including phenoxy) is 1. The Morgan fingerprint density at radius 1 is 1.15 bits per heavy atom. The summed E-state index contributed by atoms with van der Waals surface area (Å²) in [6, 6.07) is 15.4. The van der Waals surface area contributed by atoms with Gasteiger partial charge in [0.25, 0.3) is 0 Å². The highest BCUT2D eigenvalue weighted by Crippen LogP contribution is 2.44. The fourth-order valence-electron chi connectivity index (χ4n) is 4.81. The van der Waals surface area contributed by atoms with E-state index >= 15 is 0 Å². The number of nitrogens with zero attached hydrogens (tertiary/aromatic N) is 1. The normalized spacial score (nSPS) is 16.7. The van der Waals surface area contributed by atoms with Crippen LogP contribution in [0, 0.1) is 5.41 Å². The molecule has 2 aliphatic rings. The number of carboxylic acid groups (broad SMARTS) is 1. The van der Waals surface area contributed by atoms with E-state index in [1.807, 2.05) is 36.4 Å². The summed E-state index contributed by atoms with van der Waals surface area (Å²) in [5, 5.41) is 12.1. The quantitative estimate of drug-likeness (QED) is 0.599. The van der Waals surface area contributed by atoms with Gasteiger partial charge < -0.3 is 20.1 Å². The molecule has 2 amide bonds. The number of amides is 2. The van der Waals surface area contributed by atoms with Crippen molar-refractivity contribution in [2.24, 2.45) is 5.41 Å². The molecule has 1 fully saturated rings. The van der Waals surface area contributed by atoms with Gasteiger partial charge in [0.15, 0.2) is 0 Å². The molecule has 2 N–H and O–H groups in total. The standard InChI is InChI=1S/C26H28N2O5/c1-3-13-26(24(30)31)15-28(16-26)23(29)22(4-2)27-25(32)33-14-21-19-11-7-5-9-17(19)18-10-6-8-12-20(18)21/h3,5-12,21-22H,1,4,13-16H2,2H3,(H,27,32)(H,30,31)/t22-/m1/s1. The second-order valence-electron chi connectivity index (χ2n) is 8.70. The Balaban J connectivity index is 1.36. The molecule has 0 radical (unpaired) electrons. The third-order valence-electron chi connectivity index (χ3n) is 6.63. The first-order chi connectivity index (χ1) is 15.9. The van der Waals surface area contributed by atoms with Gasteiger partial charge in [-0.3, -0.25) is 9.59 Å². The summed E-state index contributed by atoms with van der Waals surface area (Å²) < 4.78 is 5.54. The zero-order valence-corrected chi connectivity index (χ0v) is 18.6. The van der Waals surface area contributed by atoms with E-state index in [0.717, 1.165) is 22.3 Å². The summed E-state index contributed by atoms with van der Waals surface area (Å²) in [7, 11) is 0. The molecule has 1 atom stereocenters. The van der Waals surface area contributed by atoms with Gasteiger partial charge in [0, 0.05) is 19.0 Å². The minimum absolute atomic E-state index is 0.0654. The lowest BCUT2D eigenvalue weighted by Crippen LogP contribution is -2.65. The molecule has 172 valence electrons. The largest absolute Gasteiger partial charge is 0.481 e. The average molecular weight is 449 g/mol. The summed E-state index contributed by atoms with van der Waals surface area (Å²) in [5.74, 6) is -1.31. The predicted molar refractivity (Wildman–Crippen MR) is 124 cm³/mol. The topological polar surface area (TPSA) is 95.9 Å². The Bertz CT molecular complexity index is 1040. The highest BCUT2D eigenvalue weighted by Gasteiger charge is 2.51. The van der Waals surface area contributed by atoms with Gasteiger partial charge in [-0.15, -0.1) is 6.58 Å². The molecule has 7 heteroatoms. The first-order valence-corrected chi connectivity index (χ1v) is 11.1. The summed E-state index contributed by atoms with van der Waals surface area (Å²) in [5.41, 5.74) is 3.52. The van der Waals surface area contributed by atoms with Crippen molar-refractivity contribution in [2.75, 3.05) is 19.7 Å². The van der Waals surface area contributed by atoms with Crippen LogP contribution in [-0.4, -0.2) is 53.7 Å². The lowest BCUT2D eigenvalue weighted by molar-refractivity contribution is -0.166. The van der Waals surface area contributed by atoms with E-state index in [9.17, 15) is 19.5 Å². The minimum Gasteiger partial charge on any atom is -0.481 e. The predicted octanol–water partition coefficient (Wildman–Crippen LogP) is 3.79. The van der Waals surface area contributed by atoms with E-state index in [-0.39, 0.29) is 31.5 Å². The second-order valence-corrected chi connectivity index (χ2v) is 8.70. The number of carbonyl (C=O) groups excluding carboxylic acids is 2. The Morgan fingerprint density at radius 2 is 1.73 bits per heavy atom. The van der Waals surface area contributed by atoms with E-state index < -0.39 is 23.5 Å². The maximum Gasteiger partial charge on any atom is 0.407 e. The third kappa shape index (κ3) is 4.11. The van der Waals surface area contributed by atoms with Crippen LogP contribution in [-0.2, 0) is 14.3 Å². The molecule has 2 aromatic rings. The van der Waals surface area contributed by atoms with Crippen molar-refractivity contribution >= 4 is 18.0 Å². The molecule has 0 unspecified atom stereocenters. The molecule has 33 heavy (non-hydrogen) atoms. The molecular formula is C26H28N2O5. The number of carbonyl (C=O) groups is 3. The van der Waals surface area contributed by atoms with Gasteiger partial charge in [-0.05, 0) is 35.1 Å². The second kappa shape index (κ2) is 9.10. The molecule has 0 spiro atoms. The number of alkyl carbamates (subject to hydrolysis) is 1. The smallest absolute Gasteiger partial charge is 0.407 e. The minimum atomic E-state index is -0.987. The lowest BCUT2D eigenvalue weighted by atomic mass is 9.76. The van der Waals surface area contributed by atoms with Gasteiger partial charge >= 0.3 is 12.1 Å². The van der Waals surface area contributed by atoms with E-state index in [1.165, 1.54) is 4.90 Å². The number of hydrogen-bond donors (Lipinski definition) is 2. The number of fused-ring (bicyclic) bond motifs is 3. The van der Waals surface area contributed by atoms with Crippen LogP contribution in [0.5, 0.6) is 0 Å². The number of aliphatic carboxylic acids is 1. The highest BCUT2D eigenvalue weighted by atomic mass is 16.5. The first kappa shape index (κ1) is 22.6. The zero-order chi connectivity index (χ0) is 23.6. The molecule has 1 heterocycles. The summed E-state index contributed by atoms with van der Waals surface area (Å²) in [6.07, 6.45) is 1.57. The van der Waals surface area contributed by atoms with Crippen LogP contribution < -0.4 is 5.32 Å². The van der Waals surface area contributed by atoms with E-state index in [0.29, 0.717) is 12.8 Å². The van der Waals surface area contributed by atoms with Gasteiger partial charge in [0.2, 0.25) is 5.91 Å². The number of rotatable bonds is 8. The van der Waals surface area contributed by atoms with Crippen LogP contribution in [0.15, 0.2) is 61.2 Å². The number of nitrogens with one attached hydrogen (secondary N) is 1. The molecule has 1 saturated heterocycles. The van der Waals surface area contributed by atoms with Gasteiger partial charge in [-0.25, -0.2) is 4.79 Å².